The van der Waals surface area contributed by atoms with Crippen molar-refractivity contribution in [2.24, 2.45) is 0 Å². The van der Waals surface area contributed by atoms with E-state index >= 15 is 0 Å². The van der Waals surface area contributed by atoms with E-state index in [1.54, 1.807) is 18.2 Å². The van der Waals surface area contributed by atoms with E-state index in [1.165, 1.54) is 12.0 Å². The van der Waals surface area contributed by atoms with Crippen LogP contribution in [0.4, 0.5) is 10.5 Å². The van der Waals surface area contributed by atoms with E-state index in [1.807, 2.05) is 0 Å². The molecular weight excluding hydrogens is 363 g/mol. The van der Waals surface area contributed by atoms with Crippen molar-refractivity contribution in [1.82, 2.24) is 4.90 Å². The minimum absolute atomic E-state index is 0.0343. The molecule has 0 spiro atoms. The maximum absolute atomic E-state index is 12.5. The van der Waals surface area contributed by atoms with E-state index < -0.39 is 15.9 Å². The Morgan fingerprint density at radius 2 is 2.17 bits per heavy atom. The number of halogens is 2. The van der Waals surface area contributed by atoms with Gasteiger partial charge in [0.1, 0.15) is 0 Å². The molecule has 2 rings (SSSR count). The lowest BCUT2D eigenvalue weighted by Gasteiger charge is -2.28. The first-order valence-corrected chi connectivity index (χ1v) is 9.62. The molecule has 128 valence electrons. The number of nitrogens with zero attached hydrogens (tertiary/aromatic N) is 1. The second-order valence-corrected chi connectivity index (χ2v) is 8.37. The second-order valence-electron chi connectivity index (χ2n) is 5.30. The first kappa shape index (κ1) is 18.3. The molecule has 23 heavy (non-hydrogen) atoms. The molecule has 1 fully saturated rings. The first-order valence-electron chi connectivity index (χ1n) is 7.04. The number of sulfone groups is 1. The molecule has 0 aliphatic carbocycles. The molecule has 1 aliphatic heterocycles. The van der Waals surface area contributed by atoms with E-state index in [-0.39, 0.29) is 17.5 Å². The summed E-state index contributed by atoms with van der Waals surface area (Å²) in [5.41, 5.74) is 0.382. The summed E-state index contributed by atoms with van der Waals surface area (Å²) in [7, 11) is -1.57. The number of hydrogen-bond donors (Lipinski definition) is 1. The van der Waals surface area contributed by atoms with Crippen LogP contribution in [0, 0.1) is 0 Å². The minimum atomic E-state index is -3.10. The first-order chi connectivity index (χ1) is 10.8. The molecule has 1 aliphatic rings. The summed E-state index contributed by atoms with van der Waals surface area (Å²) in [6.07, 6.45) is 0.419. The van der Waals surface area contributed by atoms with Gasteiger partial charge in [-0.3, -0.25) is 0 Å². The third-order valence-corrected chi connectivity index (χ3v) is 5.93. The highest BCUT2D eigenvalue weighted by atomic mass is 35.5. The largest absolute Gasteiger partial charge is 0.383 e. The summed E-state index contributed by atoms with van der Waals surface area (Å²) >= 11 is 11.9. The van der Waals surface area contributed by atoms with Crippen molar-refractivity contribution in [3.05, 3.63) is 28.2 Å². The maximum atomic E-state index is 12.5. The highest BCUT2D eigenvalue weighted by Crippen LogP contribution is 2.26. The topological polar surface area (TPSA) is 75.7 Å². The van der Waals surface area contributed by atoms with Gasteiger partial charge in [0.15, 0.2) is 9.84 Å². The number of anilines is 1. The molecule has 0 saturated carbocycles. The van der Waals surface area contributed by atoms with Crippen LogP contribution in [0.1, 0.15) is 6.42 Å². The van der Waals surface area contributed by atoms with Crippen molar-refractivity contribution >= 4 is 44.8 Å². The van der Waals surface area contributed by atoms with Crippen molar-refractivity contribution in [2.75, 3.05) is 37.1 Å². The number of urea groups is 1. The van der Waals surface area contributed by atoms with E-state index in [9.17, 15) is 13.2 Å². The van der Waals surface area contributed by atoms with Crippen LogP contribution in [0.2, 0.25) is 10.0 Å². The third-order valence-electron chi connectivity index (χ3n) is 3.62. The number of amides is 2. The standard InChI is InChI=1S/C14H18Cl2N2O4S/c1-22-6-5-18(11-4-7-23(20,21)9-11)14(19)17-13-8-10(15)2-3-12(13)16/h2-3,8,11H,4-7,9H2,1H3,(H,17,19). The zero-order chi connectivity index (χ0) is 17.0. The van der Waals surface area contributed by atoms with Crippen molar-refractivity contribution in [2.45, 2.75) is 12.5 Å². The van der Waals surface area contributed by atoms with Crippen LogP contribution in [-0.2, 0) is 14.6 Å². The Kier molecular flexibility index (Phi) is 6.13. The van der Waals surface area contributed by atoms with E-state index in [4.69, 9.17) is 27.9 Å². The highest BCUT2D eigenvalue weighted by Gasteiger charge is 2.34. The monoisotopic (exact) mass is 380 g/mol. The number of carbonyl (C=O) groups is 1. The van der Waals surface area contributed by atoms with Gasteiger partial charge >= 0.3 is 6.03 Å². The molecule has 1 saturated heterocycles. The lowest BCUT2D eigenvalue weighted by Crippen LogP contribution is -2.45. The summed E-state index contributed by atoms with van der Waals surface area (Å²) < 4.78 is 28.4. The Morgan fingerprint density at radius 1 is 1.43 bits per heavy atom. The lowest BCUT2D eigenvalue weighted by molar-refractivity contribution is 0.140. The molecule has 0 bridgehead atoms. The number of nitrogens with one attached hydrogen (secondary N) is 1. The molecule has 1 aromatic carbocycles. The van der Waals surface area contributed by atoms with Crippen LogP contribution < -0.4 is 5.32 Å². The van der Waals surface area contributed by atoms with E-state index in [2.05, 4.69) is 5.32 Å². The van der Waals surface area contributed by atoms with Crippen LogP contribution in [-0.4, -0.2) is 57.2 Å². The molecule has 9 heteroatoms. The quantitative estimate of drug-likeness (QED) is 0.851. The molecule has 1 unspecified atom stereocenters. The molecule has 1 heterocycles. The Bertz CT molecular complexity index is 681. The Hall–Kier alpha value is -1.02. The Labute approximate surface area is 145 Å². The predicted molar refractivity (Wildman–Crippen MR) is 91.1 cm³/mol. The molecule has 2 amide bonds. The van der Waals surface area contributed by atoms with Gasteiger partial charge < -0.3 is 15.0 Å². The molecule has 1 aromatic rings. The van der Waals surface area contributed by atoms with Gasteiger partial charge in [-0.25, -0.2) is 13.2 Å². The third kappa shape index (κ3) is 4.97. The van der Waals surface area contributed by atoms with Gasteiger partial charge in [0.05, 0.1) is 28.8 Å². The average molecular weight is 381 g/mol. The number of ether oxygens (including phenoxy) is 1. The minimum Gasteiger partial charge on any atom is -0.383 e. The predicted octanol–water partition coefficient (Wildman–Crippen LogP) is 2.66. The zero-order valence-corrected chi connectivity index (χ0v) is 14.9. The van der Waals surface area contributed by atoms with Crippen molar-refractivity contribution < 1.29 is 17.9 Å². The van der Waals surface area contributed by atoms with Gasteiger partial charge in [-0.2, -0.15) is 0 Å². The van der Waals surface area contributed by atoms with Crippen molar-refractivity contribution in [3.63, 3.8) is 0 Å². The van der Waals surface area contributed by atoms with Crippen LogP contribution in [0.5, 0.6) is 0 Å². The summed E-state index contributed by atoms with van der Waals surface area (Å²) in [6, 6.07) is 3.95. The van der Waals surface area contributed by atoms with Crippen molar-refractivity contribution in [1.29, 1.82) is 0 Å². The average Bonchev–Trinajstić information content (AvgIpc) is 2.83. The number of carbonyl (C=O) groups excluding carboxylic acids is 1. The fourth-order valence-electron chi connectivity index (χ4n) is 2.44. The fraction of sp³-hybridized carbons (Fsp3) is 0.500. The van der Waals surface area contributed by atoms with Crippen LogP contribution >= 0.6 is 23.2 Å². The number of hydrogen-bond acceptors (Lipinski definition) is 4. The van der Waals surface area contributed by atoms with E-state index in [0.717, 1.165) is 0 Å². The summed E-state index contributed by atoms with van der Waals surface area (Å²) in [6.45, 7) is 0.605. The van der Waals surface area contributed by atoms with Gasteiger partial charge in [0.25, 0.3) is 0 Å². The fourth-order valence-corrected chi connectivity index (χ4v) is 4.51. The molecular formula is C14H18Cl2N2O4S. The van der Waals surface area contributed by atoms with Gasteiger partial charge in [-0.05, 0) is 24.6 Å². The molecule has 1 atom stereocenters. The Balaban J connectivity index is 2.15. The Morgan fingerprint density at radius 3 is 2.78 bits per heavy atom. The number of rotatable bonds is 5. The lowest BCUT2D eigenvalue weighted by atomic mass is 10.2. The van der Waals surface area contributed by atoms with Crippen LogP contribution in [0.25, 0.3) is 0 Å². The van der Waals surface area contributed by atoms with Gasteiger partial charge in [-0.15, -0.1) is 0 Å². The molecule has 6 nitrogen and oxygen atoms in total. The highest BCUT2D eigenvalue weighted by molar-refractivity contribution is 7.91. The van der Waals surface area contributed by atoms with Gasteiger partial charge in [0, 0.05) is 24.7 Å². The van der Waals surface area contributed by atoms with Gasteiger partial charge in [0.2, 0.25) is 0 Å². The van der Waals surface area contributed by atoms with Crippen molar-refractivity contribution in [3.8, 4) is 0 Å². The number of methoxy groups -OCH3 is 1. The molecule has 0 radical (unpaired) electrons. The van der Waals surface area contributed by atoms with Gasteiger partial charge in [-0.1, -0.05) is 23.2 Å². The van der Waals surface area contributed by atoms with Crippen LogP contribution in [0.3, 0.4) is 0 Å². The maximum Gasteiger partial charge on any atom is 0.322 e. The second kappa shape index (κ2) is 7.70. The zero-order valence-electron chi connectivity index (χ0n) is 12.6. The summed E-state index contributed by atoms with van der Waals surface area (Å²) in [5, 5.41) is 3.48. The van der Waals surface area contributed by atoms with E-state index in [0.29, 0.717) is 35.3 Å². The van der Waals surface area contributed by atoms with Crippen LogP contribution in [0.15, 0.2) is 18.2 Å². The molecule has 1 N–H and O–H groups in total. The summed E-state index contributed by atoms with van der Waals surface area (Å²) in [5.74, 6) is 0.0553. The smallest absolute Gasteiger partial charge is 0.322 e. The summed E-state index contributed by atoms with van der Waals surface area (Å²) in [4.78, 5) is 14.0. The number of benzene rings is 1. The normalized spacial score (nSPS) is 19.5. The molecule has 0 aromatic heterocycles. The SMILES string of the molecule is COCCN(C(=O)Nc1cc(Cl)ccc1Cl)C1CCS(=O)(=O)C1.